The van der Waals surface area contributed by atoms with E-state index in [0.717, 1.165) is 12.3 Å². The van der Waals surface area contributed by atoms with Crippen LogP contribution in [0.25, 0.3) is 0 Å². The third-order valence-corrected chi connectivity index (χ3v) is 2.65. The molecule has 110 valence electrons. The molecule has 6 nitrogen and oxygen atoms in total. The van der Waals surface area contributed by atoms with Crippen LogP contribution in [-0.2, 0) is 0 Å². The molecule has 0 saturated carbocycles. The summed E-state index contributed by atoms with van der Waals surface area (Å²) in [4.78, 5) is 20.3. The second-order valence-corrected chi connectivity index (χ2v) is 4.23. The summed E-state index contributed by atoms with van der Waals surface area (Å²) < 4.78 is 5.35. The predicted molar refractivity (Wildman–Crippen MR) is 81.8 cm³/mol. The van der Waals surface area contributed by atoms with Crippen LogP contribution in [0.1, 0.15) is 24.3 Å². The molecule has 1 aromatic heterocycles. The van der Waals surface area contributed by atoms with E-state index < -0.39 is 0 Å². The van der Waals surface area contributed by atoms with Crippen molar-refractivity contribution in [2.75, 3.05) is 23.8 Å². The topological polar surface area (TPSA) is 76.1 Å². The van der Waals surface area contributed by atoms with Gasteiger partial charge in [-0.15, -0.1) is 0 Å². The lowest BCUT2D eigenvalue weighted by Crippen LogP contribution is -2.15. The number of hydrogen-bond acceptors (Lipinski definition) is 5. The van der Waals surface area contributed by atoms with Gasteiger partial charge in [0.05, 0.1) is 19.0 Å². The molecule has 0 aliphatic carbocycles. The van der Waals surface area contributed by atoms with Crippen molar-refractivity contribution in [3.63, 3.8) is 0 Å². The van der Waals surface area contributed by atoms with Crippen molar-refractivity contribution < 1.29 is 9.53 Å². The molecule has 0 spiro atoms. The van der Waals surface area contributed by atoms with Gasteiger partial charge in [0.2, 0.25) is 0 Å². The number of amides is 1. The van der Waals surface area contributed by atoms with Crippen molar-refractivity contribution in [1.82, 2.24) is 9.97 Å². The van der Waals surface area contributed by atoms with Gasteiger partial charge >= 0.3 is 0 Å². The van der Waals surface area contributed by atoms with Gasteiger partial charge in [-0.05, 0) is 38.1 Å². The van der Waals surface area contributed by atoms with Gasteiger partial charge in [-0.1, -0.05) is 0 Å². The molecule has 2 N–H and O–H groups in total. The van der Waals surface area contributed by atoms with E-state index in [-0.39, 0.29) is 11.6 Å². The molecule has 0 atom stereocenters. The molecular weight excluding hydrogens is 268 g/mol. The number of hydrogen-bond donors (Lipinski definition) is 2. The fourth-order valence-corrected chi connectivity index (χ4v) is 1.74. The average molecular weight is 286 g/mol. The zero-order chi connectivity index (χ0) is 15.1. The van der Waals surface area contributed by atoms with Crippen LogP contribution in [0.5, 0.6) is 5.75 Å². The Morgan fingerprint density at radius 1 is 1.19 bits per heavy atom. The van der Waals surface area contributed by atoms with Crippen molar-refractivity contribution in [2.45, 2.75) is 13.8 Å². The molecule has 0 unspecified atom stereocenters. The minimum atomic E-state index is -0.300. The lowest BCUT2D eigenvalue weighted by atomic mass is 10.3. The minimum Gasteiger partial charge on any atom is -0.494 e. The van der Waals surface area contributed by atoms with Crippen molar-refractivity contribution >= 4 is 17.4 Å². The lowest BCUT2D eigenvalue weighted by Gasteiger charge is -2.07. The van der Waals surface area contributed by atoms with Crippen LogP contribution in [0.15, 0.2) is 36.7 Å². The lowest BCUT2D eigenvalue weighted by molar-refractivity contribution is 0.102. The Balaban J connectivity index is 2.05. The number of rotatable bonds is 6. The summed E-state index contributed by atoms with van der Waals surface area (Å²) in [5.74, 6) is 1.05. The van der Waals surface area contributed by atoms with Crippen LogP contribution in [0.2, 0.25) is 0 Å². The maximum atomic E-state index is 12.1. The first kappa shape index (κ1) is 14.8. The summed E-state index contributed by atoms with van der Waals surface area (Å²) in [5, 5.41) is 5.79. The SMILES string of the molecule is CCNc1cncc(C(=O)Nc2ccc(OCC)cc2)n1. The molecule has 0 fully saturated rings. The minimum absolute atomic E-state index is 0.266. The Morgan fingerprint density at radius 3 is 2.62 bits per heavy atom. The first-order chi connectivity index (χ1) is 10.2. The second kappa shape index (κ2) is 7.23. The summed E-state index contributed by atoms with van der Waals surface area (Å²) in [6.45, 7) is 5.21. The maximum absolute atomic E-state index is 12.1. The Morgan fingerprint density at radius 2 is 1.95 bits per heavy atom. The maximum Gasteiger partial charge on any atom is 0.275 e. The molecule has 1 aromatic carbocycles. The van der Waals surface area contributed by atoms with Gasteiger partial charge in [-0.25, -0.2) is 4.98 Å². The quantitative estimate of drug-likeness (QED) is 0.853. The average Bonchev–Trinajstić information content (AvgIpc) is 2.50. The van der Waals surface area contributed by atoms with Crippen LogP contribution in [0, 0.1) is 0 Å². The zero-order valence-electron chi connectivity index (χ0n) is 12.1. The summed E-state index contributed by atoms with van der Waals surface area (Å²) >= 11 is 0. The van der Waals surface area contributed by atoms with Gasteiger partial charge in [0, 0.05) is 12.2 Å². The molecule has 0 saturated heterocycles. The highest BCUT2D eigenvalue weighted by Crippen LogP contribution is 2.16. The first-order valence-electron chi connectivity index (χ1n) is 6.83. The standard InChI is InChI=1S/C15H18N4O2/c1-3-17-14-10-16-9-13(19-14)15(20)18-11-5-7-12(8-6-11)21-4-2/h5-10H,3-4H2,1-2H3,(H,17,19)(H,18,20). The first-order valence-corrected chi connectivity index (χ1v) is 6.83. The van der Waals surface area contributed by atoms with Crippen molar-refractivity contribution in [3.05, 3.63) is 42.4 Å². The van der Waals surface area contributed by atoms with Crippen molar-refractivity contribution in [1.29, 1.82) is 0 Å². The smallest absolute Gasteiger partial charge is 0.275 e. The normalized spacial score (nSPS) is 10.0. The molecule has 2 rings (SSSR count). The van der Waals surface area contributed by atoms with E-state index in [9.17, 15) is 4.79 Å². The van der Waals surface area contributed by atoms with Crippen LogP contribution in [-0.4, -0.2) is 29.0 Å². The zero-order valence-corrected chi connectivity index (χ0v) is 12.1. The highest BCUT2D eigenvalue weighted by molar-refractivity contribution is 6.02. The van der Waals surface area contributed by atoms with Crippen molar-refractivity contribution in [2.24, 2.45) is 0 Å². The van der Waals surface area contributed by atoms with Gasteiger partial charge in [0.25, 0.3) is 5.91 Å². The number of carbonyl (C=O) groups is 1. The van der Waals surface area contributed by atoms with Crippen LogP contribution >= 0.6 is 0 Å². The molecule has 0 aliphatic heterocycles. The summed E-state index contributed by atoms with van der Waals surface area (Å²) in [6.07, 6.45) is 3.02. The Bertz CT molecular complexity index is 599. The molecular formula is C15H18N4O2. The number of carbonyl (C=O) groups excluding carboxylic acids is 1. The van der Waals surface area contributed by atoms with Gasteiger partial charge in [-0.2, -0.15) is 0 Å². The molecule has 6 heteroatoms. The van der Waals surface area contributed by atoms with E-state index in [0.29, 0.717) is 18.1 Å². The van der Waals surface area contributed by atoms with Crippen LogP contribution in [0.4, 0.5) is 11.5 Å². The van der Waals surface area contributed by atoms with E-state index in [1.54, 1.807) is 30.5 Å². The van der Waals surface area contributed by atoms with Gasteiger partial charge in [0.15, 0.2) is 0 Å². The molecule has 0 aliphatic rings. The van der Waals surface area contributed by atoms with E-state index in [1.165, 1.54) is 6.20 Å². The summed E-state index contributed by atoms with van der Waals surface area (Å²) in [6, 6.07) is 7.18. The third-order valence-electron chi connectivity index (χ3n) is 2.65. The highest BCUT2D eigenvalue weighted by Gasteiger charge is 2.09. The Labute approximate surface area is 123 Å². The van der Waals surface area contributed by atoms with Gasteiger partial charge < -0.3 is 15.4 Å². The van der Waals surface area contributed by atoms with E-state index in [2.05, 4.69) is 20.6 Å². The largest absolute Gasteiger partial charge is 0.494 e. The molecule has 21 heavy (non-hydrogen) atoms. The second-order valence-electron chi connectivity index (χ2n) is 4.23. The van der Waals surface area contributed by atoms with Crippen LogP contribution < -0.4 is 15.4 Å². The molecule has 1 amide bonds. The number of ether oxygens (including phenoxy) is 1. The number of aromatic nitrogens is 2. The molecule has 2 aromatic rings. The van der Waals surface area contributed by atoms with Crippen LogP contribution in [0.3, 0.4) is 0 Å². The Hall–Kier alpha value is -2.63. The van der Waals surface area contributed by atoms with E-state index >= 15 is 0 Å². The summed E-state index contributed by atoms with van der Waals surface area (Å²) in [5.41, 5.74) is 0.946. The fraction of sp³-hybridized carbons (Fsp3) is 0.267. The number of nitrogens with one attached hydrogen (secondary N) is 2. The third kappa shape index (κ3) is 4.17. The number of benzene rings is 1. The fourth-order valence-electron chi connectivity index (χ4n) is 1.74. The molecule has 0 radical (unpaired) electrons. The van der Waals surface area contributed by atoms with E-state index in [4.69, 9.17) is 4.74 Å². The molecule has 1 heterocycles. The predicted octanol–water partition coefficient (Wildman–Crippen LogP) is 2.56. The van der Waals surface area contributed by atoms with Gasteiger partial charge in [-0.3, -0.25) is 9.78 Å². The Kier molecular flexibility index (Phi) is 5.09. The van der Waals surface area contributed by atoms with Crippen molar-refractivity contribution in [3.8, 4) is 5.75 Å². The van der Waals surface area contributed by atoms with E-state index in [1.807, 2.05) is 13.8 Å². The highest BCUT2D eigenvalue weighted by atomic mass is 16.5. The van der Waals surface area contributed by atoms with Gasteiger partial charge in [0.1, 0.15) is 17.3 Å². The molecule has 0 bridgehead atoms. The summed E-state index contributed by atoms with van der Waals surface area (Å²) in [7, 11) is 0. The number of anilines is 2. The number of nitrogens with zero attached hydrogens (tertiary/aromatic N) is 2. The monoisotopic (exact) mass is 286 g/mol.